The van der Waals surface area contributed by atoms with Gasteiger partial charge in [0.15, 0.2) is 12.6 Å². The van der Waals surface area contributed by atoms with Crippen LogP contribution in [0.5, 0.6) is 0 Å². The van der Waals surface area contributed by atoms with Crippen LogP contribution in [0.25, 0.3) is 0 Å². The number of fused-ring (bicyclic) bond motifs is 1. The smallest absolute Gasteiger partial charge is 0.186 e. The summed E-state index contributed by atoms with van der Waals surface area (Å²) in [5.41, 5.74) is 0. The molecular weight excluding hydrogens is 180 g/mol. The lowest BCUT2D eigenvalue weighted by Gasteiger charge is -2.17. The third-order valence-corrected chi connectivity index (χ3v) is 2.39. The van der Waals surface area contributed by atoms with Crippen LogP contribution in [0.15, 0.2) is 0 Å². The second kappa shape index (κ2) is 3.16. The predicted molar refractivity (Wildman–Crippen MR) is 38.6 cm³/mol. The molecule has 0 saturated carbocycles. The standard InChI is InChI=1S/C7H12O6/c1-11-7-3(9)5-4(13-7)2(8)6(10)12-5/h2-10H,1H3. The molecule has 6 nitrogen and oxygen atoms in total. The summed E-state index contributed by atoms with van der Waals surface area (Å²) in [5, 5.41) is 27.9. The van der Waals surface area contributed by atoms with Gasteiger partial charge in [-0.15, -0.1) is 0 Å². The van der Waals surface area contributed by atoms with E-state index in [0.717, 1.165) is 0 Å². The Morgan fingerprint density at radius 2 is 1.62 bits per heavy atom. The van der Waals surface area contributed by atoms with Crippen molar-refractivity contribution in [1.29, 1.82) is 0 Å². The van der Waals surface area contributed by atoms with E-state index in [1.807, 2.05) is 0 Å². The fraction of sp³-hybridized carbons (Fsp3) is 1.00. The fourth-order valence-electron chi connectivity index (χ4n) is 1.69. The van der Waals surface area contributed by atoms with E-state index in [4.69, 9.17) is 19.3 Å². The Bertz CT molecular complexity index is 197. The Hall–Kier alpha value is -0.240. The maximum atomic E-state index is 9.50. The van der Waals surface area contributed by atoms with Crippen molar-refractivity contribution in [2.45, 2.75) is 37.0 Å². The van der Waals surface area contributed by atoms with E-state index in [1.54, 1.807) is 0 Å². The van der Waals surface area contributed by atoms with Crippen molar-refractivity contribution in [3.63, 3.8) is 0 Å². The summed E-state index contributed by atoms with van der Waals surface area (Å²) in [6.07, 6.45) is -5.61. The van der Waals surface area contributed by atoms with E-state index in [9.17, 15) is 10.2 Å². The molecule has 2 aliphatic heterocycles. The fourth-order valence-corrected chi connectivity index (χ4v) is 1.69. The molecule has 2 aliphatic rings. The van der Waals surface area contributed by atoms with Gasteiger partial charge in [0.25, 0.3) is 0 Å². The minimum Gasteiger partial charge on any atom is -0.385 e. The molecule has 0 amide bonds. The van der Waals surface area contributed by atoms with Crippen molar-refractivity contribution in [2.24, 2.45) is 0 Å². The molecule has 0 spiro atoms. The van der Waals surface area contributed by atoms with Gasteiger partial charge in [0.1, 0.15) is 24.4 Å². The summed E-state index contributed by atoms with van der Waals surface area (Å²) in [6.45, 7) is 0. The van der Waals surface area contributed by atoms with Crippen molar-refractivity contribution >= 4 is 0 Å². The molecule has 2 heterocycles. The van der Waals surface area contributed by atoms with E-state index in [0.29, 0.717) is 0 Å². The predicted octanol–water partition coefficient (Wildman–Crippen LogP) is -2.20. The molecule has 0 aromatic carbocycles. The molecule has 0 aromatic rings. The van der Waals surface area contributed by atoms with Crippen LogP contribution in [-0.4, -0.2) is 59.4 Å². The topological polar surface area (TPSA) is 88.4 Å². The average molecular weight is 192 g/mol. The first kappa shape index (κ1) is 9.32. The SMILES string of the molecule is COC1OC2C(O)C(O)OC2C1O. The third kappa shape index (κ3) is 1.26. The van der Waals surface area contributed by atoms with Crippen molar-refractivity contribution in [1.82, 2.24) is 0 Å². The van der Waals surface area contributed by atoms with Gasteiger partial charge in [0.05, 0.1) is 0 Å². The van der Waals surface area contributed by atoms with Crippen LogP contribution in [0.1, 0.15) is 0 Å². The molecule has 3 N–H and O–H groups in total. The second-order valence-electron chi connectivity index (χ2n) is 3.18. The molecule has 76 valence electrons. The Morgan fingerprint density at radius 1 is 1.00 bits per heavy atom. The van der Waals surface area contributed by atoms with E-state index in [1.165, 1.54) is 7.11 Å². The van der Waals surface area contributed by atoms with Gasteiger partial charge in [-0.05, 0) is 0 Å². The lowest BCUT2D eigenvalue weighted by Crippen LogP contribution is -2.33. The highest BCUT2D eigenvalue weighted by Crippen LogP contribution is 2.33. The Kier molecular flexibility index (Phi) is 2.26. The number of aliphatic hydroxyl groups is 3. The first-order valence-electron chi connectivity index (χ1n) is 4.03. The zero-order valence-electron chi connectivity index (χ0n) is 7.03. The van der Waals surface area contributed by atoms with Gasteiger partial charge in [0.2, 0.25) is 0 Å². The monoisotopic (exact) mass is 192 g/mol. The van der Waals surface area contributed by atoms with Crippen LogP contribution < -0.4 is 0 Å². The number of hydrogen-bond donors (Lipinski definition) is 3. The Balaban J connectivity index is 2.10. The maximum absolute atomic E-state index is 9.50. The lowest BCUT2D eigenvalue weighted by molar-refractivity contribution is -0.201. The van der Waals surface area contributed by atoms with Crippen molar-refractivity contribution in [3.8, 4) is 0 Å². The third-order valence-electron chi connectivity index (χ3n) is 2.39. The minimum atomic E-state index is -1.29. The Labute approximate surface area is 74.6 Å². The summed E-state index contributed by atoms with van der Waals surface area (Å²) in [7, 11) is 1.39. The first-order valence-corrected chi connectivity index (χ1v) is 4.03. The van der Waals surface area contributed by atoms with Gasteiger partial charge >= 0.3 is 0 Å². The summed E-state index contributed by atoms with van der Waals surface area (Å²) >= 11 is 0. The molecule has 6 atom stereocenters. The molecule has 0 radical (unpaired) electrons. The largest absolute Gasteiger partial charge is 0.385 e. The van der Waals surface area contributed by atoms with Gasteiger partial charge in [-0.2, -0.15) is 0 Å². The summed E-state index contributed by atoms with van der Waals surface area (Å²) < 4.78 is 14.8. The van der Waals surface area contributed by atoms with Crippen molar-refractivity contribution < 1.29 is 29.5 Å². The van der Waals surface area contributed by atoms with Crippen LogP contribution in [0.3, 0.4) is 0 Å². The minimum absolute atomic E-state index is 0.713. The second-order valence-corrected chi connectivity index (χ2v) is 3.18. The molecule has 2 rings (SSSR count). The lowest BCUT2D eigenvalue weighted by atomic mass is 10.1. The van der Waals surface area contributed by atoms with Gasteiger partial charge in [0, 0.05) is 7.11 Å². The van der Waals surface area contributed by atoms with Crippen LogP contribution in [0.2, 0.25) is 0 Å². The van der Waals surface area contributed by atoms with Gasteiger partial charge in [-0.3, -0.25) is 0 Å². The number of ether oxygens (including phenoxy) is 3. The highest BCUT2D eigenvalue weighted by molar-refractivity contribution is 4.97. The zero-order chi connectivity index (χ0) is 9.59. The number of rotatable bonds is 1. The highest BCUT2D eigenvalue weighted by Gasteiger charge is 2.55. The van der Waals surface area contributed by atoms with Gasteiger partial charge in [-0.1, -0.05) is 0 Å². The quantitative estimate of drug-likeness (QED) is 0.437. The van der Waals surface area contributed by atoms with Crippen LogP contribution in [0, 0.1) is 0 Å². The molecule has 6 heteroatoms. The molecular formula is C7H12O6. The number of hydrogen-bond acceptors (Lipinski definition) is 6. The molecule has 0 aromatic heterocycles. The molecule has 2 fully saturated rings. The van der Waals surface area contributed by atoms with Crippen molar-refractivity contribution in [3.05, 3.63) is 0 Å². The van der Waals surface area contributed by atoms with Crippen LogP contribution >= 0.6 is 0 Å². The number of methoxy groups -OCH3 is 1. The molecule has 0 aliphatic carbocycles. The maximum Gasteiger partial charge on any atom is 0.186 e. The van der Waals surface area contributed by atoms with E-state index >= 15 is 0 Å². The van der Waals surface area contributed by atoms with Gasteiger partial charge < -0.3 is 29.5 Å². The van der Waals surface area contributed by atoms with Crippen molar-refractivity contribution in [2.75, 3.05) is 7.11 Å². The Morgan fingerprint density at radius 3 is 2.15 bits per heavy atom. The zero-order valence-corrected chi connectivity index (χ0v) is 7.03. The normalized spacial score (nSPS) is 55.4. The molecule has 2 saturated heterocycles. The molecule has 6 unspecified atom stereocenters. The summed E-state index contributed by atoms with van der Waals surface area (Å²) in [5.74, 6) is 0. The summed E-state index contributed by atoms with van der Waals surface area (Å²) in [6, 6.07) is 0. The van der Waals surface area contributed by atoms with E-state index in [-0.39, 0.29) is 0 Å². The first-order chi connectivity index (χ1) is 6.15. The highest BCUT2D eigenvalue weighted by atomic mass is 16.7. The van der Waals surface area contributed by atoms with Gasteiger partial charge in [-0.25, -0.2) is 0 Å². The average Bonchev–Trinajstić information content (AvgIpc) is 2.56. The van der Waals surface area contributed by atoms with Crippen LogP contribution in [0.4, 0.5) is 0 Å². The van der Waals surface area contributed by atoms with Crippen LogP contribution in [-0.2, 0) is 14.2 Å². The summed E-state index contributed by atoms with van der Waals surface area (Å²) in [4.78, 5) is 0. The molecule has 0 bridgehead atoms. The number of aliphatic hydroxyl groups excluding tert-OH is 3. The molecule has 13 heavy (non-hydrogen) atoms. The van der Waals surface area contributed by atoms with E-state index < -0.39 is 37.0 Å². The van der Waals surface area contributed by atoms with E-state index in [2.05, 4.69) is 0 Å².